The van der Waals surface area contributed by atoms with E-state index in [2.05, 4.69) is 11.8 Å². The smallest absolute Gasteiger partial charge is 0.311 e. The van der Waals surface area contributed by atoms with Gasteiger partial charge in [-0.05, 0) is 35.4 Å². The zero-order chi connectivity index (χ0) is 16.9. The third-order valence-corrected chi connectivity index (χ3v) is 3.53. The molecule has 0 spiro atoms. The Hall–Kier alpha value is -3.58. The van der Waals surface area contributed by atoms with Gasteiger partial charge in [-0.25, -0.2) is 0 Å². The molecule has 0 amide bonds. The first-order chi connectivity index (χ1) is 11.6. The van der Waals surface area contributed by atoms with Crippen molar-refractivity contribution in [3.8, 4) is 28.7 Å². The summed E-state index contributed by atoms with van der Waals surface area (Å²) >= 11 is 0. The Balaban J connectivity index is 2.06. The molecule has 3 rings (SSSR count). The predicted molar refractivity (Wildman–Crippen MR) is 92.6 cm³/mol. The van der Waals surface area contributed by atoms with Gasteiger partial charge in [-0.2, -0.15) is 0 Å². The fraction of sp³-hybridized carbons (Fsp3) is 0. The molecular weight excluding hydrogens is 302 g/mol. The second-order valence-electron chi connectivity index (χ2n) is 5.12. The van der Waals surface area contributed by atoms with Crippen molar-refractivity contribution in [3.63, 3.8) is 0 Å². The lowest BCUT2D eigenvalue weighted by atomic mass is 9.99. The monoisotopic (exact) mass is 315 g/mol. The van der Waals surface area contributed by atoms with Crippen LogP contribution in [0.15, 0.2) is 72.8 Å². The molecule has 3 aromatic rings. The minimum Gasteiger partial charge on any atom is -0.502 e. The number of phenols is 1. The van der Waals surface area contributed by atoms with Gasteiger partial charge in [0.25, 0.3) is 0 Å². The third-order valence-electron chi connectivity index (χ3n) is 3.53. The van der Waals surface area contributed by atoms with Crippen molar-refractivity contribution < 1.29 is 10.0 Å². The summed E-state index contributed by atoms with van der Waals surface area (Å²) in [7, 11) is 0. The third kappa shape index (κ3) is 3.26. The summed E-state index contributed by atoms with van der Waals surface area (Å²) in [6, 6.07) is 21.4. The Bertz CT molecular complexity index is 953. The quantitative estimate of drug-likeness (QED) is 0.434. The second kappa shape index (κ2) is 6.67. The molecule has 0 saturated carbocycles. The highest BCUT2D eigenvalue weighted by Crippen LogP contribution is 2.32. The van der Waals surface area contributed by atoms with Gasteiger partial charge < -0.3 is 5.11 Å². The molecule has 0 aliphatic carbocycles. The Morgan fingerprint density at radius 1 is 0.875 bits per heavy atom. The van der Waals surface area contributed by atoms with E-state index in [4.69, 9.17) is 0 Å². The molecule has 0 fully saturated rings. The molecule has 0 aliphatic rings. The van der Waals surface area contributed by atoms with Gasteiger partial charge in [-0.1, -0.05) is 54.3 Å². The summed E-state index contributed by atoms with van der Waals surface area (Å²) in [5.41, 5.74) is 2.75. The molecule has 116 valence electrons. The van der Waals surface area contributed by atoms with Crippen molar-refractivity contribution in [1.82, 2.24) is 0 Å². The van der Waals surface area contributed by atoms with Crippen LogP contribution in [0.25, 0.3) is 11.1 Å². The average Bonchev–Trinajstić information content (AvgIpc) is 2.61. The van der Waals surface area contributed by atoms with Crippen LogP contribution in [0.4, 0.5) is 5.69 Å². The minimum absolute atomic E-state index is 0.321. The van der Waals surface area contributed by atoms with Gasteiger partial charge in [0, 0.05) is 17.2 Å². The highest BCUT2D eigenvalue weighted by atomic mass is 16.6. The SMILES string of the molecule is O=[N+]([O-])c1cc(-c2ccccc2C#Cc2ccccc2)ccc1O. The molecule has 0 aliphatic heterocycles. The first kappa shape index (κ1) is 15.3. The molecule has 4 heteroatoms. The van der Waals surface area contributed by atoms with Crippen molar-refractivity contribution in [3.05, 3.63) is 94.0 Å². The lowest BCUT2D eigenvalue weighted by Crippen LogP contribution is -1.90. The number of benzene rings is 3. The molecule has 0 radical (unpaired) electrons. The highest BCUT2D eigenvalue weighted by molar-refractivity contribution is 5.74. The number of nitro groups is 1. The minimum atomic E-state index is -0.600. The largest absolute Gasteiger partial charge is 0.502 e. The van der Waals surface area contributed by atoms with Crippen molar-refractivity contribution >= 4 is 5.69 Å². The van der Waals surface area contributed by atoms with Crippen LogP contribution in [0.3, 0.4) is 0 Å². The van der Waals surface area contributed by atoms with Crippen LogP contribution in [0, 0.1) is 22.0 Å². The molecule has 3 aromatic carbocycles. The summed E-state index contributed by atoms with van der Waals surface area (Å²) in [4.78, 5) is 10.4. The fourth-order valence-corrected chi connectivity index (χ4v) is 2.34. The van der Waals surface area contributed by atoms with Gasteiger partial charge in [-0.3, -0.25) is 10.1 Å². The maximum Gasteiger partial charge on any atom is 0.311 e. The Kier molecular flexibility index (Phi) is 4.26. The number of hydrogen-bond donors (Lipinski definition) is 1. The Morgan fingerprint density at radius 2 is 1.58 bits per heavy atom. The maximum atomic E-state index is 11.0. The lowest BCUT2D eigenvalue weighted by Gasteiger charge is -2.05. The summed E-state index contributed by atoms with van der Waals surface area (Å²) in [6.45, 7) is 0. The maximum absolute atomic E-state index is 11.0. The predicted octanol–water partition coefficient (Wildman–Crippen LogP) is 4.37. The van der Waals surface area contributed by atoms with Crippen LogP contribution in [-0.2, 0) is 0 Å². The second-order valence-corrected chi connectivity index (χ2v) is 5.12. The van der Waals surface area contributed by atoms with Gasteiger partial charge in [0.1, 0.15) is 0 Å². The van der Waals surface area contributed by atoms with Crippen LogP contribution in [0.1, 0.15) is 11.1 Å². The number of nitrogens with zero attached hydrogens (tertiary/aromatic N) is 1. The normalized spacial score (nSPS) is 9.83. The molecule has 1 N–H and O–H groups in total. The van der Waals surface area contributed by atoms with Crippen molar-refractivity contribution in [1.29, 1.82) is 0 Å². The van der Waals surface area contributed by atoms with E-state index >= 15 is 0 Å². The van der Waals surface area contributed by atoms with E-state index in [-0.39, 0.29) is 11.4 Å². The van der Waals surface area contributed by atoms with E-state index < -0.39 is 4.92 Å². The van der Waals surface area contributed by atoms with E-state index in [0.717, 1.165) is 16.7 Å². The molecule has 0 aromatic heterocycles. The first-order valence-corrected chi connectivity index (χ1v) is 7.29. The van der Waals surface area contributed by atoms with Gasteiger partial charge >= 0.3 is 5.69 Å². The Labute approximate surface area is 139 Å². The topological polar surface area (TPSA) is 63.4 Å². The van der Waals surface area contributed by atoms with E-state index in [1.165, 1.54) is 12.1 Å². The summed E-state index contributed by atoms with van der Waals surface area (Å²) in [5, 5.41) is 20.6. The van der Waals surface area contributed by atoms with E-state index in [1.807, 2.05) is 54.6 Å². The van der Waals surface area contributed by atoms with Gasteiger partial charge in [0.15, 0.2) is 5.75 Å². The number of hydrogen-bond acceptors (Lipinski definition) is 3. The molecule has 0 bridgehead atoms. The van der Waals surface area contributed by atoms with Gasteiger partial charge in [0.05, 0.1) is 4.92 Å². The number of aromatic hydroxyl groups is 1. The van der Waals surface area contributed by atoms with Crippen LogP contribution in [0.2, 0.25) is 0 Å². The van der Waals surface area contributed by atoms with Gasteiger partial charge in [0.2, 0.25) is 0 Å². The number of phenolic OH excluding ortho intramolecular Hbond substituents is 1. The summed E-state index contributed by atoms with van der Waals surface area (Å²) in [5.74, 6) is 5.85. The van der Waals surface area contributed by atoms with Crippen molar-refractivity contribution in [2.24, 2.45) is 0 Å². The van der Waals surface area contributed by atoms with Crippen LogP contribution in [-0.4, -0.2) is 10.0 Å². The van der Waals surface area contributed by atoms with E-state index in [1.54, 1.807) is 6.07 Å². The van der Waals surface area contributed by atoms with E-state index in [9.17, 15) is 15.2 Å². The molecule has 0 atom stereocenters. The standard InChI is InChI=1S/C20H13NO3/c22-20-13-12-17(14-19(20)21(23)24)18-9-5-4-8-16(18)11-10-15-6-2-1-3-7-15/h1-9,12-14,22H. The molecule has 0 unspecified atom stereocenters. The number of nitro benzene ring substituents is 1. The van der Waals surface area contributed by atoms with Crippen LogP contribution in [0.5, 0.6) is 5.75 Å². The summed E-state index contributed by atoms with van der Waals surface area (Å²) < 4.78 is 0. The van der Waals surface area contributed by atoms with E-state index in [0.29, 0.717) is 5.56 Å². The van der Waals surface area contributed by atoms with Crippen molar-refractivity contribution in [2.45, 2.75) is 0 Å². The molecule has 4 nitrogen and oxygen atoms in total. The Morgan fingerprint density at radius 3 is 2.33 bits per heavy atom. The number of rotatable bonds is 2. The highest BCUT2D eigenvalue weighted by Gasteiger charge is 2.15. The average molecular weight is 315 g/mol. The van der Waals surface area contributed by atoms with Gasteiger partial charge in [-0.15, -0.1) is 0 Å². The zero-order valence-corrected chi connectivity index (χ0v) is 12.6. The fourth-order valence-electron chi connectivity index (χ4n) is 2.34. The first-order valence-electron chi connectivity index (χ1n) is 7.29. The lowest BCUT2D eigenvalue weighted by molar-refractivity contribution is -0.385. The molecule has 0 heterocycles. The molecular formula is C20H13NO3. The zero-order valence-electron chi connectivity index (χ0n) is 12.6. The summed E-state index contributed by atoms with van der Waals surface area (Å²) in [6.07, 6.45) is 0. The molecule has 0 saturated heterocycles. The van der Waals surface area contributed by atoms with Crippen LogP contribution >= 0.6 is 0 Å². The molecule has 24 heavy (non-hydrogen) atoms. The van der Waals surface area contributed by atoms with Crippen molar-refractivity contribution in [2.75, 3.05) is 0 Å². The van der Waals surface area contributed by atoms with Crippen LogP contribution < -0.4 is 0 Å².